The topological polar surface area (TPSA) is 33.2 Å². The second-order valence-electron chi connectivity index (χ2n) is 6.56. The monoisotopic (exact) mass is 292 g/mol. The van der Waals surface area contributed by atoms with Gasteiger partial charge in [0.2, 0.25) is 0 Å². The molecule has 2 aliphatic rings. The molecule has 112 valence electrons. The van der Waals surface area contributed by atoms with E-state index in [1.165, 1.54) is 35.1 Å². The van der Waals surface area contributed by atoms with Crippen molar-refractivity contribution in [1.82, 2.24) is 9.88 Å². The molecule has 0 spiro atoms. The quantitative estimate of drug-likeness (QED) is 0.808. The normalized spacial score (nSPS) is 20.9. The van der Waals surface area contributed by atoms with Crippen LogP contribution < -0.4 is 0 Å². The van der Waals surface area contributed by atoms with E-state index < -0.39 is 0 Å². The Bertz CT molecular complexity index is 707. The number of nitrogens with zero attached hydrogens (tertiary/aromatic N) is 2. The zero-order chi connectivity index (χ0) is 15.1. The van der Waals surface area contributed by atoms with E-state index in [4.69, 9.17) is 0 Å². The minimum atomic E-state index is -0.0569. The highest BCUT2D eigenvalue weighted by Crippen LogP contribution is 2.40. The molecule has 1 aliphatic heterocycles. The molecule has 0 saturated heterocycles. The van der Waals surface area contributed by atoms with Crippen molar-refractivity contribution in [2.24, 2.45) is 5.92 Å². The molecule has 3 heteroatoms. The molecule has 1 aromatic heterocycles. The number of aromatic nitrogens is 1. The number of carbonyl (C=O) groups excluding carboxylic acids is 1. The van der Waals surface area contributed by atoms with Crippen molar-refractivity contribution < 1.29 is 4.79 Å². The van der Waals surface area contributed by atoms with Crippen molar-refractivity contribution in [3.05, 3.63) is 53.3 Å². The van der Waals surface area contributed by atoms with Crippen LogP contribution in [0.4, 0.5) is 0 Å². The maximum absolute atomic E-state index is 11.6. The van der Waals surface area contributed by atoms with Crippen LogP contribution in [0.1, 0.15) is 35.6 Å². The van der Waals surface area contributed by atoms with Crippen molar-refractivity contribution in [3.8, 4) is 11.1 Å². The van der Waals surface area contributed by atoms with Crippen LogP contribution in [-0.4, -0.2) is 22.7 Å². The van der Waals surface area contributed by atoms with Gasteiger partial charge in [0.1, 0.15) is 6.29 Å². The number of carbonyl (C=O) groups is 1. The van der Waals surface area contributed by atoms with Gasteiger partial charge in [0, 0.05) is 31.0 Å². The summed E-state index contributed by atoms with van der Waals surface area (Å²) in [5.41, 5.74) is 6.07. The van der Waals surface area contributed by atoms with E-state index >= 15 is 0 Å². The predicted octanol–water partition coefficient (Wildman–Crippen LogP) is 3.52. The molecule has 1 atom stereocenters. The van der Waals surface area contributed by atoms with Crippen LogP contribution in [0.5, 0.6) is 0 Å². The van der Waals surface area contributed by atoms with E-state index in [-0.39, 0.29) is 6.04 Å². The summed E-state index contributed by atoms with van der Waals surface area (Å²) in [7, 11) is 0. The summed E-state index contributed by atoms with van der Waals surface area (Å²) >= 11 is 0. The largest absolute Gasteiger partial charge is 0.301 e. The van der Waals surface area contributed by atoms with Crippen LogP contribution in [0.25, 0.3) is 11.1 Å². The fourth-order valence-corrected chi connectivity index (χ4v) is 3.59. The Balaban J connectivity index is 1.72. The molecule has 1 unspecified atom stereocenters. The van der Waals surface area contributed by atoms with E-state index in [0.717, 1.165) is 30.9 Å². The number of rotatable bonds is 4. The summed E-state index contributed by atoms with van der Waals surface area (Å²) in [5.74, 6) is 0.801. The number of aldehydes is 1. The van der Waals surface area contributed by atoms with Gasteiger partial charge < -0.3 is 4.79 Å². The van der Waals surface area contributed by atoms with Crippen molar-refractivity contribution in [1.29, 1.82) is 0 Å². The highest BCUT2D eigenvalue weighted by molar-refractivity contribution is 5.71. The van der Waals surface area contributed by atoms with Gasteiger partial charge >= 0.3 is 0 Å². The van der Waals surface area contributed by atoms with Gasteiger partial charge in [0.15, 0.2) is 0 Å². The lowest BCUT2D eigenvalue weighted by Crippen LogP contribution is -2.25. The predicted molar refractivity (Wildman–Crippen MR) is 86.3 cm³/mol. The summed E-state index contributed by atoms with van der Waals surface area (Å²) in [6, 6.07) is 8.42. The molecular weight excluding hydrogens is 272 g/mol. The van der Waals surface area contributed by atoms with Crippen LogP contribution in [0, 0.1) is 12.8 Å². The zero-order valence-electron chi connectivity index (χ0n) is 12.8. The average Bonchev–Trinajstić information content (AvgIpc) is 3.27. The molecule has 0 N–H and O–H groups in total. The number of benzene rings is 1. The Hall–Kier alpha value is -2.00. The molecule has 1 aliphatic carbocycles. The Labute approximate surface area is 131 Å². The first-order valence-electron chi connectivity index (χ1n) is 7.99. The van der Waals surface area contributed by atoms with E-state index in [2.05, 4.69) is 35.0 Å². The Morgan fingerprint density at radius 2 is 2.18 bits per heavy atom. The first-order valence-corrected chi connectivity index (χ1v) is 7.99. The molecule has 2 aromatic rings. The molecule has 1 saturated carbocycles. The molecule has 2 heterocycles. The number of aryl methyl sites for hydroxylation is 1. The van der Waals surface area contributed by atoms with Crippen LogP contribution in [0.15, 0.2) is 36.7 Å². The Morgan fingerprint density at radius 3 is 2.86 bits per heavy atom. The van der Waals surface area contributed by atoms with Crippen LogP contribution >= 0.6 is 0 Å². The summed E-state index contributed by atoms with van der Waals surface area (Å²) in [4.78, 5) is 18.2. The fourth-order valence-electron chi connectivity index (χ4n) is 3.59. The summed E-state index contributed by atoms with van der Waals surface area (Å²) in [5, 5.41) is 0. The third kappa shape index (κ3) is 2.35. The molecule has 3 nitrogen and oxygen atoms in total. The first-order chi connectivity index (χ1) is 10.8. The second kappa shape index (κ2) is 5.33. The number of fused-ring (bicyclic) bond motifs is 1. The first kappa shape index (κ1) is 13.6. The third-order valence-electron chi connectivity index (χ3n) is 4.85. The van der Waals surface area contributed by atoms with Gasteiger partial charge in [-0.2, -0.15) is 0 Å². The van der Waals surface area contributed by atoms with Crippen molar-refractivity contribution in [3.63, 3.8) is 0 Å². The average molecular weight is 292 g/mol. The van der Waals surface area contributed by atoms with E-state index in [9.17, 15) is 4.79 Å². The summed E-state index contributed by atoms with van der Waals surface area (Å²) in [6.45, 7) is 4.07. The molecule has 22 heavy (non-hydrogen) atoms. The minimum absolute atomic E-state index is 0.0569. The molecular formula is C19H20N2O. The molecule has 0 radical (unpaired) electrons. The SMILES string of the molecule is Cc1cc(-c2cccnc2)cc2c1C(C=O)N(CC1CC1)C2. The standard InChI is InChI=1S/C19H20N2O/c1-13-7-16(15-3-2-6-20-9-15)8-17-11-21(10-14-4-5-14)18(12-22)19(13)17/h2-3,6-9,12,14,18H,4-5,10-11H2,1H3. The lowest BCUT2D eigenvalue weighted by molar-refractivity contribution is -0.112. The Morgan fingerprint density at radius 1 is 1.32 bits per heavy atom. The molecule has 0 bridgehead atoms. The van der Waals surface area contributed by atoms with Crippen molar-refractivity contribution in [2.75, 3.05) is 6.54 Å². The van der Waals surface area contributed by atoms with Crippen molar-refractivity contribution >= 4 is 6.29 Å². The summed E-state index contributed by atoms with van der Waals surface area (Å²) < 4.78 is 0. The van der Waals surface area contributed by atoms with Crippen molar-refractivity contribution in [2.45, 2.75) is 32.4 Å². The fraction of sp³-hybridized carbons (Fsp3) is 0.368. The highest BCUT2D eigenvalue weighted by Gasteiger charge is 2.35. The number of pyridine rings is 1. The van der Waals surface area contributed by atoms with Gasteiger partial charge in [0.25, 0.3) is 0 Å². The highest BCUT2D eigenvalue weighted by atomic mass is 16.1. The lowest BCUT2D eigenvalue weighted by atomic mass is 9.94. The van der Waals surface area contributed by atoms with Gasteiger partial charge in [-0.15, -0.1) is 0 Å². The van der Waals surface area contributed by atoms with Crippen LogP contribution in [0.2, 0.25) is 0 Å². The van der Waals surface area contributed by atoms with Gasteiger partial charge in [-0.05, 0) is 60.1 Å². The van der Waals surface area contributed by atoms with E-state index in [1.807, 2.05) is 12.3 Å². The molecule has 4 rings (SSSR count). The van der Waals surface area contributed by atoms with Gasteiger partial charge in [-0.3, -0.25) is 9.88 Å². The van der Waals surface area contributed by atoms with E-state index in [1.54, 1.807) is 6.20 Å². The van der Waals surface area contributed by atoms with Gasteiger partial charge in [-0.1, -0.05) is 12.1 Å². The van der Waals surface area contributed by atoms with Gasteiger partial charge in [0.05, 0.1) is 6.04 Å². The van der Waals surface area contributed by atoms with Gasteiger partial charge in [-0.25, -0.2) is 0 Å². The minimum Gasteiger partial charge on any atom is -0.301 e. The molecule has 1 fully saturated rings. The van der Waals surface area contributed by atoms with Crippen LogP contribution in [-0.2, 0) is 11.3 Å². The Kier molecular flexibility index (Phi) is 3.30. The maximum Gasteiger partial charge on any atom is 0.141 e. The second-order valence-corrected chi connectivity index (χ2v) is 6.56. The maximum atomic E-state index is 11.6. The van der Waals surface area contributed by atoms with Crippen LogP contribution in [0.3, 0.4) is 0 Å². The smallest absolute Gasteiger partial charge is 0.141 e. The molecule has 1 aromatic carbocycles. The number of hydrogen-bond acceptors (Lipinski definition) is 3. The van der Waals surface area contributed by atoms with E-state index in [0.29, 0.717) is 0 Å². The zero-order valence-corrected chi connectivity index (χ0v) is 12.8. The third-order valence-corrected chi connectivity index (χ3v) is 4.85. The lowest BCUT2D eigenvalue weighted by Gasteiger charge is -2.20. The molecule has 0 amide bonds. The number of hydrogen-bond donors (Lipinski definition) is 0. The summed E-state index contributed by atoms with van der Waals surface area (Å²) in [6.07, 6.45) is 7.44.